The van der Waals surface area contributed by atoms with Gasteiger partial charge >= 0.3 is 0 Å². The maximum absolute atomic E-state index is 6.24. The van der Waals surface area contributed by atoms with Gasteiger partial charge in [-0.1, -0.05) is 32.0 Å². The zero-order chi connectivity index (χ0) is 12.8. The molecule has 0 radical (unpaired) electrons. The first-order valence-electron chi connectivity index (χ1n) is 6.52. The second kappa shape index (κ2) is 6.65. The average Bonchev–Trinajstić information content (AvgIpc) is 2.25. The largest absolute Gasteiger partial charge is 0.491 e. The molecule has 0 fully saturated rings. The maximum atomic E-state index is 6.24. The fraction of sp³-hybridized carbons (Fsp3) is 0.600. The Labute approximate surface area is 105 Å². The van der Waals surface area contributed by atoms with Crippen LogP contribution in [0.3, 0.4) is 0 Å². The molecule has 0 aliphatic rings. The Hall–Kier alpha value is -1.02. The fourth-order valence-electron chi connectivity index (χ4n) is 1.82. The van der Waals surface area contributed by atoms with Crippen LogP contribution < -0.4 is 10.5 Å². The third kappa shape index (κ3) is 4.78. The highest BCUT2D eigenvalue weighted by molar-refractivity contribution is 5.35. The second-order valence-corrected chi connectivity index (χ2v) is 5.28. The van der Waals surface area contributed by atoms with Gasteiger partial charge in [-0.3, -0.25) is 0 Å². The van der Waals surface area contributed by atoms with Crippen molar-refractivity contribution in [2.24, 2.45) is 11.7 Å². The van der Waals surface area contributed by atoms with E-state index in [1.807, 2.05) is 32.0 Å². The Kier molecular flexibility index (Phi) is 5.49. The second-order valence-electron chi connectivity index (χ2n) is 5.28. The summed E-state index contributed by atoms with van der Waals surface area (Å²) in [5.74, 6) is 1.62. The summed E-state index contributed by atoms with van der Waals surface area (Å²) in [6.45, 7) is 8.53. The molecule has 2 N–H and O–H groups in total. The highest BCUT2D eigenvalue weighted by Gasteiger charge is 2.13. The quantitative estimate of drug-likeness (QED) is 0.811. The van der Waals surface area contributed by atoms with Gasteiger partial charge in [-0.2, -0.15) is 0 Å². The number of hydrogen-bond donors (Lipinski definition) is 1. The van der Waals surface area contributed by atoms with Crippen molar-refractivity contribution in [2.45, 2.75) is 52.7 Å². The van der Waals surface area contributed by atoms with Gasteiger partial charge in [-0.15, -0.1) is 0 Å². The van der Waals surface area contributed by atoms with Gasteiger partial charge in [0.05, 0.1) is 6.10 Å². The van der Waals surface area contributed by atoms with Crippen LogP contribution in [-0.4, -0.2) is 6.10 Å². The molecule has 0 amide bonds. The molecule has 1 atom stereocenters. The molecule has 1 rings (SSSR count). The molecule has 1 aromatic rings. The summed E-state index contributed by atoms with van der Waals surface area (Å²) in [5, 5.41) is 0. The molecule has 1 aromatic carbocycles. The number of hydrogen-bond acceptors (Lipinski definition) is 2. The van der Waals surface area contributed by atoms with Crippen LogP contribution in [0.5, 0.6) is 5.75 Å². The highest BCUT2D eigenvalue weighted by Crippen LogP contribution is 2.28. The van der Waals surface area contributed by atoms with Crippen LogP contribution in [0.15, 0.2) is 24.3 Å². The number of benzene rings is 1. The number of para-hydroxylation sites is 1. The van der Waals surface area contributed by atoms with E-state index in [4.69, 9.17) is 10.5 Å². The molecule has 0 bridgehead atoms. The molecule has 2 nitrogen and oxygen atoms in total. The van der Waals surface area contributed by atoms with Gasteiger partial charge in [0.15, 0.2) is 0 Å². The van der Waals surface area contributed by atoms with Crippen LogP contribution in [0.1, 0.15) is 52.1 Å². The monoisotopic (exact) mass is 235 g/mol. The van der Waals surface area contributed by atoms with Gasteiger partial charge in [0.25, 0.3) is 0 Å². The first-order chi connectivity index (χ1) is 8.00. The van der Waals surface area contributed by atoms with E-state index in [-0.39, 0.29) is 12.1 Å². The van der Waals surface area contributed by atoms with Gasteiger partial charge < -0.3 is 10.5 Å². The minimum absolute atomic E-state index is 0.0762. The van der Waals surface area contributed by atoms with Crippen molar-refractivity contribution in [2.75, 3.05) is 0 Å². The van der Waals surface area contributed by atoms with E-state index in [2.05, 4.69) is 19.9 Å². The minimum Gasteiger partial charge on any atom is -0.491 e. The van der Waals surface area contributed by atoms with Gasteiger partial charge in [-0.25, -0.2) is 0 Å². The smallest absolute Gasteiger partial charge is 0.124 e. The zero-order valence-electron chi connectivity index (χ0n) is 11.4. The van der Waals surface area contributed by atoms with Crippen LogP contribution in [0.4, 0.5) is 0 Å². The van der Waals surface area contributed by atoms with Crippen molar-refractivity contribution in [3.8, 4) is 5.75 Å². The van der Waals surface area contributed by atoms with E-state index in [9.17, 15) is 0 Å². The Bertz CT molecular complexity index is 333. The normalized spacial score (nSPS) is 13.1. The van der Waals surface area contributed by atoms with Crippen LogP contribution in [0.2, 0.25) is 0 Å². The van der Waals surface area contributed by atoms with Crippen LogP contribution in [-0.2, 0) is 0 Å². The van der Waals surface area contributed by atoms with E-state index in [1.54, 1.807) is 0 Å². The SMILES string of the molecule is CC(C)CC[C@H](N)c1ccccc1OC(C)C. The van der Waals surface area contributed by atoms with Crippen molar-refractivity contribution < 1.29 is 4.74 Å². The van der Waals surface area contributed by atoms with Gasteiger partial charge in [0.1, 0.15) is 5.75 Å². The van der Waals surface area contributed by atoms with Crippen LogP contribution in [0.25, 0.3) is 0 Å². The molecule has 0 aliphatic heterocycles. The first kappa shape index (κ1) is 14.0. The predicted octanol–water partition coefficient (Wildman–Crippen LogP) is 3.91. The molecule has 0 saturated heterocycles. The zero-order valence-corrected chi connectivity index (χ0v) is 11.4. The summed E-state index contributed by atoms with van der Waals surface area (Å²) in [6.07, 6.45) is 2.35. The van der Waals surface area contributed by atoms with E-state index in [1.165, 1.54) is 0 Å². The number of rotatable bonds is 6. The summed E-state index contributed by atoms with van der Waals surface area (Å²) in [6, 6.07) is 8.17. The van der Waals surface area contributed by atoms with E-state index >= 15 is 0 Å². The molecule has 0 heterocycles. The number of ether oxygens (including phenoxy) is 1. The van der Waals surface area contributed by atoms with E-state index in [0.717, 1.165) is 24.2 Å². The third-order valence-corrected chi connectivity index (χ3v) is 2.74. The Morgan fingerprint density at radius 2 is 1.71 bits per heavy atom. The van der Waals surface area contributed by atoms with Gasteiger partial charge in [0.2, 0.25) is 0 Å². The van der Waals surface area contributed by atoms with E-state index in [0.29, 0.717) is 5.92 Å². The lowest BCUT2D eigenvalue weighted by atomic mass is 9.98. The first-order valence-corrected chi connectivity index (χ1v) is 6.52. The van der Waals surface area contributed by atoms with Crippen LogP contribution in [0, 0.1) is 5.92 Å². The van der Waals surface area contributed by atoms with Crippen molar-refractivity contribution in [3.63, 3.8) is 0 Å². The maximum Gasteiger partial charge on any atom is 0.124 e. The van der Waals surface area contributed by atoms with Gasteiger partial charge in [0, 0.05) is 11.6 Å². The fourth-order valence-corrected chi connectivity index (χ4v) is 1.82. The summed E-state index contributed by atoms with van der Waals surface area (Å²) < 4.78 is 5.79. The van der Waals surface area contributed by atoms with Crippen molar-refractivity contribution in [3.05, 3.63) is 29.8 Å². The summed E-state index contributed by atoms with van der Waals surface area (Å²) in [5.41, 5.74) is 7.37. The predicted molar refractivity (Wildman–Crippen MR) is 73.2 cm³/mol. The Morgan fingerprint density at radius 3 is 2.29 bits per heavy atom. The lowest BCUT2D eigenvalue weighted by Gasteiger charge is -2.19. The molecule has 0 aromatic heterocycles. The summed E-state index contributed by atoms with van der Waals surface area (Å²) in [7, 11) is 0. The molecule has 0 unspecified atom stereocenters. The van der Waals surface area contributed by atoms with Gasteiger partial charge in [-0.05, 0) is 38.7 Å². The topological polar surface area (TPSA) is 35.2 Å². The van der Waals surface area contributed by atoms with E-state index < -0.39 is 0 Å². The average molecular weight is 235 g/mol. The molecular formula is C15H25NO. The van der Waals surface area contributed by atoms with Crippen molar-refractivity contribution in [1.29, 1.82) is 0 Å². The minimum atomic E-state index is 0.0762. The lowest BCUT2D eigenvalue weighted by Crippen LogP contribution is -2.15. The molecule has 0 spiro atoms. The molecule has 2 heteroatoms. The molecule has 17 heavy (non-hydrogen) atoms. The molecule has 0 saturated carbocycles. The number of nitrogens with two attached hydrogens (primary N) is 1. The Balaban J connectivity index is 2.74. The summed E-state index contributed by atoms with van der Waals surface area (Å²) >= 11 is 0. The molecule has 0 aliphatic carbocycles. The molecule has 96 valence electrons. The highest BCUT2D eigenvalue weighted by atomic mass is 16.5. The third-order valence-electron chi connectivity index (χ3n) is 2.74. The van der Waals surface area contributed by atoms with Crippen LogP contribution >= 0.6 is 0 Å². The standard InChI is InChI=1S/C15H25NO/c1-11(2)9-10-14(16)13-7-5-6-8-15(13)17-12(3)4/h5-8,11-12,14H,9-10,16H2,1-4H3/t14-/m0/s1. The lowest BCUT2D eigenvalue weighted by molar-refractivity contribution is 0.238. The van der Waals surface area contributed by atoms with Crippen molar-refractivity contribution >= 4 is 0 Å². The van der Waals surface area contributed by atoms with Crippen molar-refractivity contribution in [1.82, 2.24) is 0 Å². The molecular weight excluding hydrogens is 210 g/mol. The Morgan fingerprint density at radius 1 is 1.06 bits per heavy atom. The summed E-state index contributed by atoms with van der Waals surface area (Å²) in [4.78, 5) is 0.